The highest BCUT2D eigenvalue weighted by atomic mass is 16.2. The van der Waals surface area contributed by atoms with Crippen molar-refractivity contribution >= 4 is 17.8 Å². The first kappa shape index (κ1) is 15.5. The molecule has 1 aromatic heterocycles. The Morgan fingerprint density at radius 1 is 1.12 bits per heavy atom. The topological polar surface area (TPSA) is 71.3 Å². The summed E-state index contributed by atoms with van der Waals surface area (Å²) in [4.78, 5) is 15.7. The van der Waals surface area contributed by atoms with Gasteiger partial charge in [0.05, 0.1) is 19.1 Å². The summed E-state index contributed by atoms with van der Waals surface area (Å²) in [5, 5.41) is 6.98. The quantitative estimate of drug-likeness (QED) is 0.541. The lowest BCUT2D eigenvalue weighted by Gasteiger charge is -2.04. The maximum absolute atomic E-state index is 11.7. The Morgan fingerprint density at radius 3 is 2.62 bits per heavy atom. The van der Waals surface area contributed by atoms with E-state index < -0.39 is 0 Å². The smallest absolute Gasteiger partial charge is 0.259 e. The Labute approximate surface area is 139 Å². The van der Waals surface area contributed by atoms with Crippen LogP contribution in [0.4, 0.5) is 5.69 Å². The molecule has 0 spiro atoms. The molecule has 0 saturated carbocycles. The molecule has 0 fully saturated rings. The molecule has 2 aromatic carbocycles. The Kier molecular flexibility index (Phi) is 4.99. The summed E-state index contributed by atoms with van der Waals surface area (Å²) in [6.45, 7) is 0.168. The largest absolute Gasteiger partial charge is 0.376 e. The van der Waals surface area contributed by atoms with Crippen molar-refractivity contribution in [1.82, 2.24) is 15.0 Å². The molecule has 3 aromatic rings. The molecule has 0 radical (unpaired) electrons. The molecule has 2 N–H and O–H groups in total. The lowest BCUT2D eigenvalue weighted by Crippen LogP contribution is -2.25. The molecular weight excluding hydrogens is 302 g/mol. The molecule has 1 heterocycles. The standard InChI is InChI=1S/C18H17N5O/c24-18(13-20-16-4-2-1-3-5-16)22-21-12-15-6-8-17(9-7-15)23-11-10-19-14-23/h1-12,14,20H,13H2,(H,22,24). The third kappa shape index (κ3) is 4.30. The predicted molar refractivity (Wildman–Crippen MR) is 94.2 cm³/mol. The average molecular weight is 319 g/mol. The van der Waals surface area contributed by atoms with E-state index >= 15 is 0 Å². The first-order chi connectivity index (χ1) is 11.8. The van der Waals surface area contributed by atoms with E-state index in [1.807, 2.05) is 65.4 Å². The molecule has 6 nitrogen and oxygen atoms in total. The van der Waals surface area contributed by atoms with Gasteiger partial charge in [-0.15, -0.1) is 0 Å². The number of hydrogen-bond acceptors (Lipinski definition) is 4. The number of amides is 1. The van der Waals surface area contributed by atoms with Gasteiger partial charge in [-0.2, -0.15) is 5.10 Å². The molecule has 0 atom stereocenters. The Balaban J connectivity index is 1.48. The van der Waals surface area contributed by atoms with Crippen molar-refractivity contribution in [3.63, 3.8) is 0 Å². The van der Waals surface area contributed by atoms with E-state index in [-0.39, 0.29) is 12.5 Å². The van der Waals surface area contributed by atoms with Crippen LogP contribution in [-0.4, -0.2) is 28.2 Å². The second-order valence-electron chi connectivity index (χ2n) is 5.07. The number of nitrogens with one attached hydrogen (secondary N) is 2. The summed E-state index contributed by atoms with van der Waals surface area (Å²) in [5.74, 6) is -0.204. The zero-order valence-corrected chi connectivity index (χ0v) is 13.0. The number of hydrogen-bond donors (Lipinski definition) is 2. The number of aromatic nitrogens is 2. The number of para-hydroxylation sites is 1. The summed E-state index contributed by atoms with van der Waals surface area (Å²) in [6.07, 6.45) is 6.96. The van der Waals surface area contributed by atoms with Gasteiger partial charge < -0.3 is 9.88 Å². The van der Waals surface area contributed by atoms with Gasteiger partial charge in [0.25, 0.3) is 5.91 Å². The lowest BCUT2D eigenvalue weighted by atomic mass is 10.2. The van der Waals surface area contributed by atoms with E-state index in [9.17, 15) is 4.79 Å². The number of anilines is 1. The van der Waals surface area contributed by atoms with Gasteiger partial charge >= 0.3 is 0 Å². The Bertz CT molecular complexity index is 795. The van der Waals surface area contributed by atoms with Gasteiger partial charge in [0.15, 0.2) is 0 Å². The molecular formula is C18H17N5O. The van der Waals surface area contributed by atoms with E-state index in [0.29, 0.717) is 0 Å². The van der Waals surface area contributed by atoms with E-state index in [4.69, 9.17) is 0 Å². The van der Waals surface area contributed by atoms with Gasteiger partial charge in [-0.05, 0) is 29.8 Å². The van der Waals surface area contributed by atoms with E-state index in [1.54, 1.807) is 18.7 Å². The van der Waals surface area contributed by atoms with Crippen molar-refractivity contribution in [2.75, 3.05) is 11.9 Å². The lowest BCUT2D eigenvalue weighted by molar-refractivity contribution is -0.119. The third-order valence-corrected chi connectivity index (χ3v) is 3.33. The zero-order chi connectivity index (χ0) is 16.6. The molecule has 1 amide bonds. The average Bonchev–Trinajstić information content (AvgIpc) is 3.16. The highest BCUT2D eigenvalue weighted by Crippen LogP contribution is 2.08. The minimum Gasteiger partial charge on any atom is -0.376 e. The van der Waals surface area contributed by atoms with Crippen LogP contribution >= 0.6 is 0 Å². The van der Waals surface area contributed by atoms with Crippen LogP contribution in [0.25, 0.3) is 5.69 Å². The minimum atomic E-state index is -0.204. The highest BCUT2D eigenvalue weighted by Gasteiger charge is 1.99. The molecule has 0 aliphatic rings. The number of imidazole rings is 1. The maximum atomic E-state index is 11.7. The van der Waals surface area contributed by atoms with Crippen molar-refractivity contribution in [1.29, 1.82) is 0 Å². The van der Waals surface area contributed by atoms with Crippen LogP contribution in [0, 0.1) is 0 Å². The van der Waals surface area contributed by atoms with E-state index in [2.05, 4.69) is 20.8 Å². The number of carbonyl (C=O) groups excluding carboxylic acids is 1. The van der Waals surface area contributed by atoms with Crippen LogP contribution < -0.4 is 10.7 Å². The van der Waals surface area contributed by atoms with Gasteiger partial charge in [0.2, 0.25) is 0 Å². The maximum Gasteiger partial charge on any atom is 0.259 e. The fraction of sp³-hybridized carbons (Fsp3) is 0.0556. The fourth-order valence-corrected chi connectivity index (χ4v) is 2.10. The summed E-state index contributed by atoms with van der Waals surface area (Å²) >= 11 is 0. The normalized spacial score (nSPS) is 10.7. The van der Waals surface area contributed by atoms with Crippen LogP contribution in [0.5, 0.6) is 0 Å². The summed E-state index contributed by atoms with van der Waals surface area (Å²) in [6, 6.07) is 17.3. The number of rotatable bonds is 6. The van der Waals surface area contributed by atoms with Gasteiger partial charge in [-0.25, -0.2) is 10.4 Å². The first-order valence-electron chi connectivity index (χ1n) is 7.50. The van der Waals surface area contributed by atoms with E-state index in [1.165, 1.54) is 0 Å². The second kappa shape index (κ2) is 7.73. The van der Waals surface area contributed by atoms with Crippen molar-refractivity contribution in [2.45, 2.75) is 0 Å². The number of hydrazone groups is 1. The fourth-order valence-electron chi connectivity index (χ4n) is 2.10. The van der Waals surface area contributed by atoms with Crippen molar-refractivity contribution < 1.29 is 4.79 Å². The number of benzene rings is 2. The highest BCUT2D eigenvalue weighted by molar-refractivity contribution is 5.84. The van der Waals surface area contributed by atoms with Gasteiger partial charge in [0.1, 0.15) is 0 Å². The van der Waals surface area contributed by atoms with Crippen LogP contribution in [-0.2, 0) is 4.79 Å². The molecule has 0 bridgehead atoms. The number of nitrogens with zero attached hydrogens (tertiary/aromatic N) is 3. The molecule has 0 saturated heterocycles. The SMILES string of the molecule is O=C(CNc1ccccc1)NN=Cc1ccc(-n2ccnc2)cc1. The molecule has 0 unspecified atom stereocenters. The summed E-state index contributed by atoms with van der Waals surface area (Å²) in [7, 11) is 0. The van der Waals surface area contributed by atoms with Crippen molar-refractivity contribution in [3.8, 4) is 5.69 Å². The predicted octanol–water partition coefficient (Wildman–Crippen LogP) is 2.43. The van der Waals surface area contributed by atoms with Crippen molar-refractivity contribution in [3.05, 3.63) is 78.9 Å². The third-order valence-electron chi connectivity index (χ3n) is 3.33. The number of carbonyl (C=O) groups is 1. The van der Waals surface area contributed by atoms with Crippen LogP contribution in [0.3, 0.4) is 0 Å². The van der Waals surface area contributed by atoms with Crippen molar-refractivity contribution in [2.24, 2.45) is 5.10 Å². The van der Waals surface area contributed by atoms with E-state index in [0.717, 1.165) is 16.9 Å². The monoisotopic (exact) mass is 319 g/mol. The molecule has 0 aliphatic heterocycles. The molecule has 0 aliphatic carbocycles. The first-order valence-corrected chi connectivity index (χ1v) is 7.50. The molecule has 3 rings (SSSR count). The second-order valence-corrected chi connectivity index (χ2v) is 5.07. The molecule has 24 heavy (non-hydrogen) atoms. The Morgan fingerprint density at radius 2 is 1.92 bits per heavy atom. The van der Waals surface area contributed by atoms with Crippen LogP contribution in [0.2, 0.25) is 0 Å². The van der Waals surface area contributed by atoms with Crippen LogP contribution in [0.1, 0.15) is 5.56 Å². The Hall–Kier alpha value is -3.41. The minimum absolute atomic E-state index is 0.168. The molecule has 120 valence electrons. The summed E-state index contributed by atoms with van der Waals surface area (Å²) < 4.78 is 1.91. The zero-order valence-electron chi connectivity index (χ0n) is 13.0. The summed E-state index contributed by atoms with van der Waals surface area (Å²) in [5.41, 5.74) is 5.30. The van der Waals surface area contributed by atoms with Gasteiger partial charge in [-0.1, -0.05) is 30.3 Å². The van der Waals surface area contributed by atoms with Crippen LogP contribution in [0.15, 0.2) is 78.4 Å². The van der Waals surface area contributed by atoms with Gasteiger partial charge in [-0.3, -0.25) is 4.79 Å². The van der Waals surface area contributed by atoms with Gasteiger partial charge in [0, 0.05) is 23.8 Å². The molecule has 6 heteroatoms.